The second-order valence-corrected chi connectivity index (χ2v) is 6.31. The lowest BCUT2D eigenvalue weighted by molar-refractivity contribution is -0.121. The lowest BCUT2D eigenvalue weighted by atomic mass is 10.2. The summed E-state index contributed by atoms with van der Waals surface area (Å²) in [7, 11) is 0. The third kappa shape index (κ3) is 6.50. The molecule has 1 saturated carbocycles. The molecule has 7 nitrogen and oxygen atoms in total. The fraction of sp³-hybridized carbons (Fsp3) is 0.412. The van der Waals surface area contributed by atoms with Crippen molar-refractivity contribution in [3.05, 3.63) is 29.8 Å². The Labute approximate surface area is 151 Å². The molecule has 0 saturated heterocycles. The molecule has 0 aliphatic heterocycles. The van der Waals surface area contributed by atoms with Crippen molar-refractivity contribution >= 4 is 40.7 Å². The van der Waals surface area contributed by atoms with Gasteiger partial charge in [0.25, 0.3) is 5.91 Å². The van der Waals surface area contributed by atoms with E-state index >= 15 is 0 Å². The molecule has 25 heavy (non-hydrogen) atoms. The summed E-state index contributed by atoms with van der Waals surface area (Å²) in [5.41, 5.74) is 5.95. The second kappa shape index (κ2) is 9.12. The summed E-state index contributed by atoms with van der Waals surface area (Å²) in [5.74, 6) is -0.533. The van der Waals surface area contributed by atoms with Crippen LogP contribution in [0.3, 0.4) is 0 Å². The Morgan fingerprint density at radius 2 is 1.80 bits per heavy atom. The highest BCUT2D eigenvalue weighted by atomic mass is 32.1. The average molecular weight is 362 g/mol. The number of unbranched alkanes of at least 4 members (excludes halogenated alkanes) is 1. The lowest BCUT2D eigenvalue weighted by Gasteiger charge is -2.11. The minimum Gasteiger partial charge on any atom is -0.326 e. The third-order valence-electron chi connectivity index (χ3n) is 3.66. The number of hydrogen-bond donors (Lipinski definition) is 4. The Balaban J connectivity index is 1.76. The predicted octanol–water partition coefficient (Wildman–Crippen LogP) is 1.86. The highest BCUT2D eigenvalue weighted by Crippen LogP contribution is 2.28. The first-order valence-electron chi connectivity index (χ1n) is 8.30. The Morgan fingerprint density at radius 1 is 1.12 bits per heavy atom. The van der Waals surface area contributed by atoms with Gasteiger partial charge in [0.15, 0.2) is 5.11 Å². The van der Waals surface area contributed by atoms with E-state index < -0.39 is 5.91 Å². The summed E-state index contributed by atoms with van der Waals surface area (Å²) in [5, 5.41) is 5.35. The Bertz CT molecular complexity index is 656. The van der Waals surface area contributed by atoms with Crippen LogP contribution in [0.4, 0.5) is 5.69 Å². The molecular weight excluding hydrogens is 340 g/mol. The molecule has 0 unspecified atom stereocenters. The van der Waals surface area contributed by atoms with Gasteiger partial charge in [0, 0.05) is 23.6 Å². The highest BCUT2D eigenvalue weighted by Gasteiger charge is 2.30. The molecule has 1 aromatic rings. The van der Waals surface area contributed by atoms with Crippen LogP contribution in [-0.4, -0.2) is 22.8 Å². The zero-order chi connectivity index (χ0) is 18.2. The molecule has 3 amide bonds. The van der Waals surface area contributed by atoms with Crippen molar-refractivity contribution in [2.75, 3.05) is 5.32 Å². The molecule has 1 aliphatic carbocycles. The van der Waals surface area contributed by atoms with E-state index in [1.54, 1.807) is 24.3 Å². The van der Waals surface area contributed by atoms with Crippen molar-refractivity contribution in [2.24, 2.45) is 5.92 Å². The number of carbonyl (C=O) groups is 3. The van der Waals surface area contributed by atoms with Crippen LogP contribution < -0.4 is 21.5 Å². The van der Waals surface area contributed by atoms with Crippen LogP contribution in [0.25, 0.3) is 0 Å². The van der Waals surface area contributed by atoms with Gasteiger partial charge in [-0.3, -0.25) is 25.2 Å². The summed E-state index contributed by atoms with van der Waals surface area (Å²) in [4.78, 5) is 35.2. The van der Waals surface area contributed by atoms with Crippen LogP contribution in [0, 0.1) is 5.92 Å². The fourth-order valence-electron chi connectivity index (χ4n) is 2.04. The molecule has 2 rings (SSSR count). The van der Waals surface area contributed by atoms with E-state index in [0.717, 1.165) is 25.7 Å². The maximum atomic E-state index is 12.0. The van der Waals surface area contributed by atoms with Crippen molar-refractivity contribution in [3.8, 4) is 0 Å². The molecule has 0 aromatic heterocycles. The largest absolute Gasteiger partial charge is 0.326 e. The van der Waals surface area contributed by atoms with Gasteiger partial charge in [-0.1, -0.05) is 13.3 Å². The van der Waals surface area contributed by atoms with Crippen LogP contribution in [0.2, 0.25) is 0 Å². The number of nitrogens with one attached hydrogen (secondary N) is 4. The second-order valence-electron chi connectivity index (χ2n) is 5.90. The normalized spacial score (nSPS) is 12.8. The van der Waals surface area contributed by atoms with E-state index in [2.05, 4.69) is 21.5 Å². The molecule has 134 valence electrons. The van der Waals surface area contributed by atoms with Gasteiger partial charge in [-0.15, -0.1) is 0 Å². The van der Waals surface area contributed by atoms with E-state index in [1.165, 1.54) is 0 Å². The van der Waals surface area contributed by atoms with Crippen molar-refractivity contribution in [1.29, 1.82) is 0 Å². The molecule has 1 fully saturated rings. The molecule has 1 aromatic carbocycles. The summed E-state index contributed by atoms with van der Waals surface area (Å²) < 4.78 is 0. The standard InChI is InChI=1S/C17H22N4O3S/c1-2-3-4-14(22)18-13-9-7-12(8-10-13)16(24)20-21-17(25)19-15(23)11-5-6-11/h7-11H,2-6H2,1H3,(H,18,22)(H,20,24)(H2,19,21,23,25). The number of thiocarbonyl (C=S) groups is 1. The number of rotatable bonds is 6. The molecule has 8 heteroatoms. The monoisotopic (exact) mass is 362 g/mol. The minimum atomic E-state index is -0.396. The quantitative estimate of drug-likeness (QED) is 0.457. The van der Waals surface area contributed by atoms with E-state index in [1.807, 2.05) is 6.92 Å². The molecule has 0 atom stereocenters. The molecule has 0 spiro atoms. The van der Waals surface area contributed by atoms with Crippen molar-refractivity contribution in [1.82, 2.24) is 16.2 Å². The minimum absolute atomic E-state index is 0.0375. The van der Waals surface area contributed by atoms with Crippen LogP contribution in [0.5, 0.6) is 0 Å². The smallest absolute Gasteiger partial charge is 0.269 e. The summed E-state index contributed by atoms with van der Waals surface area (Å²) in [6, 6.07) is 6.51. The number of hydrogen-bond acceptors (Lipinski definition) is 4. The average Bonchev–Trinajstić information content (AvgIpc) is 3.43. The summed E-state index contributed by atoms with van der Waals surface area (Å²) >= 11 is 4.94. The van der Waals surface area contributed by atoms with E-state index in [-0.39, 0.29) is 22.8 Å². The van der Waals surface area contributed by atoms with Crippen LogP contribution in [0.15, 0.2) is 24.3 Å². The maximum Gasteiger partial charge on any atom is 0.269 e. The van der Waals surface area contributed by atoms with Gasteiger partial charge >= 0.3 is 0 Å². The first kappa shape index (κ1) is 18.9. The van der Waals surface area contributed by atoms with Gasteiger partial charge in [-0.25, -0.2) is 0 Å². The fourth-order valence-corrected chi connectivity index (χ4v) is 2.19. The Morgan fingerprint density at radius 3 is 2.40 bits per heavy atom. The SMILES string of the molecule is CCCCC(=O)Nc1ccc(C(=O)NNC(=S)NC(=O)C2CC2)cc1. The molecule has 0 radical (unpaired) electrons. The summed E-state index contributed by atoms with van der Waals surface area (Å²) in [6.45, 7) is 2.03. The highest BCUT2D eigenvalue weighted by molar-refractivity contribution is 7.80. The van der Waals surface area contributed by atoms with Crippen LogP contribution >= 0.6 is 12.2 Å². The van der Waals surface area contributed by atoms with Gasteiger partial charge in [0.1, 0.15) is 0 Å². The number of hydrazine groups is 1. The molecule has 4 N–H and O–H groups in total. The van der Waals surface area contributed by atoms with Crippen LogP contribution in [0.1, 0.15) is 49.4 Å². The number of benzene rings is 1. The van der Waals surface area contributed by atoms with E-state index in [9.17, 15) is 14.4 Å². The van der Waals surface area contributed by atoms with Crippen molar-refractivity contribution in [2.45, 2.75) is 39.0 Å². The zero-order valence-corrected chi connectivity index (χ0v) is 14.9. The van der Waals surface area contributed by atoms with Gasteiger partial charge in [0.2, 0.25) is 11.8 Å². The number of carbonyl (C=O) groups excluding carboxylic acids is 3. The number of amides is 3. The van der Waals surface area contributed by atoms with Gasteiger partial charge < -0.3 is 10.6 Å². The molecular formula is C17H22N4O3S. The molecule has 0 heterocycles. The lowest BCUT2D eigenvalue weighted by Crippen LogP contribution is -2.48. The Hall–Kier alpha value is -2.48. The van der Waals surface area contributed by atoms with E-state index in [0.29, 0.717) is 17.7 Å². The van der Waals surface area contributed by atoms with Gasteiger partial charge in [-0.05, 0) is 55.7 Å². The molecule has 1 aliphatic rings. The van der Waals surface area contributed by atoms with Crippen LogP contribution in [-0.2, 0) is 9.59 Å². The van der Waals surface area contributed by atoms with Crippen molar-refractivity contribution < 1.29 is 14.4 Å². The Kier molecular flexibility index (Phi) is 6.88. The van der Waals surface area contributed by atoms with Crippen molar-refractivity contribution in [3.63, 3.8) is 0 Å². The van der Waals surface area contributed by atoms with Gasteiger partial charge in [-0.2, -0.15) is 0 Å². The summed E-state index contributed by atoms with van der Waals surface area (Å²) in [6.07, 6.45) is 4.04. The predicted molar refractivity (Wildman–Crippen MR) is 98.7 cm³/mol. The first-order chi connectivity index (χ1) is 12.0. The first-order valence-corrected chi connectivity index (χ1v) is 8.71. The zero-order valence-electron chi connectivity index (χ0n) is 14.1. The molecule has 0 bridgehead atoms. The topological polar surface area (TPSA) is 99.3 Å². The number of anilines is 1. The van der Waals surface area contributed by atoms with Gasteiger partial charge in [0.05, 0.1) is 0 Å². The third-order valence-corrected chi connectivity index (χ3v) is 3.87. The maximum absolute atomic E-state index is 12.0. The van der Waals surface area contributed by atoms with E-state index in [4.69, 9.17) is 12.2 Å².